The molecule has 2 heterocycles. The number of nitrogens with zero attached hydrogens (tertiary/aromatic N) is 4. The molecule has 2 N–H and O–H groups in total. The van der Waals surface area contributed by atoms with Gasteiger partial charge in [-0.1, -0.05) is 17.7 Å². The molecule has 2 aromatic heterocycles. The van der Waals surface area contributed by atoms with Crippen molar-refractivity contribution >= 4 is 17.6 Å². The Bertz CT molecular complexity index is 976. The molecule has 0 aliphatic heterocycles. The number of aromatic carboxylic acids is 1. The quantitative estimate of drug-likeness (QED) is 0.659. The normalized spacial score (nSPS) is 10.6. The van der Waals surface area contributed by atoms with E-state index in [-0.39, 0.29) is 24.9 Å². The summed E-state index contributed by atoms with van der Waals surface area (Å²) in [5, 5.41) is 19.4. The Morgan fingerprint density at radius 2 is 2.04 bits per heavy atom. The van der Waals surface area contributed by atoms with Gasteiger partial charge in [-0.2, -0.15) is 10.2 Å². The Balaban J connectivity index is 1.53. The molecule has 9 heteroatoms. The van der Waals surface area contributed by atoms with Crippen LogP contribution in [0, 0.1) is 13.8 Å². The van der Waals surface area contributed by atoms with Gasteiger partial charge < -0.3 is 15.2 Å². The minimum absolute atomic E-state index is 0.0997. The highest BCUT2D eigenvalue weighted by Crippen LogP contribution is 2.19. The molecule has 1 aromatic carbocycles. The van der Waals surface area contributed by atoms with Gasteiger partial charge in [-0.05, 0) is 31.5 Å². The molecular formula is C18H19N5O4. The Morgan fingerprint density at radius 3 is 2.74 bits per heavy atom. The zero-order chi connectivity index (χ0) is 19.4. The number of hydrogen-bond acceptors (Lipinski definition) is 5. The van der Waals surface area contributed by atoms with E-state index in [9.17, 15) is 9.59 Å². The second-order valence-electron chi connectivity index (χ2n) is 6.06. The zero-order valence-electron chi connectivity index (χ0n) is 14.9. The third kappa shape index (κ3) is 4.72. The molecule has 0 unspecified atom stereocenters. The van der Waals surface area contributed by atoms with Crippen molar-refractivity contribution in [3.8, 4) is 5.75 Å². The van der Waals surface area contributed by atoms with Crippen LogP contribution in [0.5, 0.6) is 5.75 Å². The van der Waals surface area contributed by atoms with Crippen molar-refractivity contribution in [3.05, 3.63) is 59.7 Å². The van der Waals surface area contributed by atoms with Gasteiger partial charge in [0.2, 0.25) is 5.91 Å². The van der Waals surface area contributed by atoms with Gasteiger partial charge in [0.1, 0.15) is 12.3 Å². The number of carboxylic acids is 1. The Labute approximate surface area is 155 Å². The Morgan fingerprint density at radius 1 is 1.22 bits per heavy atom. The Hall–Kier alpha value is -3.62. The molecular weight excluding hydrogens is 350 g/mol. The molecule has 0 saturated heterocycles. The number of amides is 1. The zero-order valence-corrected chi connectivity index (χ0v) is 14.9. The second kappa shape index (κ2) is 7.73. The van der Waals surface area contributed by atoms with E-state index in [0.717, 1.165) is 16.9 Å². The summed E-state index contributed by atoms with van der Waals surface area (Å²) >= 11 is 0. The van der Waals surface area contributed by atoms with Crippen molar-refractivity contribution < 1.29 is 19.4 Å². The minimum atomic E-state index is -1.14. The number of carboxylic acid groups (broad SMARTS) is 1. The summed E-state index contributed by atoms with van der Waals surface area (Å²) in [6, 6.07) is 7.25. The lowest BCUT2D eigenvalue weighted by atomic mass is 10.1. The summed E-state index contributed by atoms with van der Waals surface area (Å²) in [5.74, 6) is -0.710. The van der Waals surface area contributed by atoms with E-state index in [1.54, 1.807) is 10.9 Å². The molecule has 0 radical (unpaired) electrons. The summed E-state index contributed by atoms with van der Waals surface area (Å²) < 4.78 is 8.55. The van der Waals surface area contributed by atoms with Crippen LogP contribution in [0.25, 0.3) is 0 Å². The second-order valence-corrected chi connectivity index (χ2v) is 6.06. The number of nitrogens with one attached hydrogen (secondary N) is 1. The molecule has 1 amide bonds. The van der Waals surface area contributed by atoms with Crippen LogP contribution in [-0.4, -0.2) is 36.5 Å². The third-order valence-corrected chi connectivity index (χ3v) is 3.77. The number of benzene rings is 1. The Kier molecular flexibility index (Phi) is 5.20. The van der Waals surface area contributed by atoms with Crippen LogP contribution in [0.2, 0.25) is 0 Å². The molecule has 0 fully saturated rings. The van der Waals surface area contributed by atoms with Crippen molar-refractivity contribution in [1.29, 1.82) is 0 Å². The fraction of sp³-hybridized carbons (Fsp3) is 0.222. The fourth-order valence-electron chi connectivity index (χ4n) is 2.51. The topological polar surface area (TPSA) is 111 Å². The maximum Gasteiger partial charge on any atom is 0.356 e. The monoisotopic (exact) mass is 369 g/mol. The van der Waals surface area contributed by atoms with Gasteiger partial charge in [-0.15, -0.1) is 0 Å². The highest BCUT2D eigenvalue weighted by Gasteiger charge is 2.10. The molecule has 3 aromatic rings. The van der Waals surface area contributed by atoms with Gasteiger partial charge in [0.25, 0.3) is 0 Å². The van der Waals surface area contributed by atoms with E-state index < -0.39 is 5.97 Å². The molecule has 0 bridgehead atoms. The van der Waals surface area contributed by atoms with E-state index in [2.05, 4.69) is 15.5 Å². The first kappa shape index (κ1) is 18.2. The van der Waals surface area contributed by atoms with Crippen LogP contribution in [0.15, 0.2) is 42.9 Å². The first-order valence-electron chi connectivity index (χ1n) is 8.20. The van der Waals surface area contributed by atoms with Crippen LogP contribution in [0.3, 0.4) is 0 Å². The van der Waals surface area contributed by atoms with Gasteiger partial charge in [-0.25, -0.2) is 9.48 Å². The highest BCUT2D eigenvalue weighted by molar-refractivity contribution is 5.90. The van der Waals surface area contributed by atoms with Crippen LogP contribution in [0.4, 0.5) is 5.69 Å². The standard InChI is InChI=1S/C18H19N5O4/c1-12-3-4-16(13(2)7-12)27-11-23-9-14(8-19-23)20-17(24)10-22-6-5-15(21-22)18(25)26/h3-9H,10-11H2,1-2H3,(H,20,24)(H,25,26). The molecule has 0 spiro atoms. The van der Waals surface area contributed by atoms with E-state index in [1.165, 1.54) is 23.1 Å². The average molecular weight is 369 g/mol. The lowest BCUT2D eigenvalue weighted by Crippen LogP contribution is -2.19. The summed E-state index contributed by atoms with van der Waals surface area (Å²) in [6.07, 6.45) is 4.59. The third-order valence-electron chi connectivity index (χ3n) is 3.77. The van der Waals surface area contributed by atoms with Gasteiger partial charge in [0, 0.05) is 6.20 Å². The van der Waals surface area contributed by atoms with Crippen molar-refractivity contribution in [2.45, 2.75) is 27.1 Å². The van der Waals surface area contributed by atoms with E-state index in [4.69, 9.17) is 9.84 Å². The average Bonchev–Trinajstić information content (AvgIpc) is 3.23. The van der Waals surface area contributed by atoms with Crippen molar-refractivity contribution in [2.24, 2.45) is 0 Å². The molecule has 27 heavy (non-hydrogen) atoms. The predicted octanol–water partition coefficient (Wildman–Crippen LogP) is 2.07. The van der Waals surface area contributed by atoms with E-state index in [0.29, 0.717) is 5.69 Å². The predicted molar refractivity (Wildman–Crippen MR) is 96.6 cm³/mol. The smallest absolute Gasteiger partial charge is 0.356 e. The molecule has 3 rings (SSSR count). The molecule has 9 nitrogen and oxygen atoms in total. The summed E-state index contributed by atoms with van der Waals surface area (Å²) in [6.45, 7) is 4.10. The van der Waals surface area contributed by atoms with Crippen LogP contribution >= 0.6 is 0 Å². The van der Waals surface area contributed by atoms with Gasteiger partial charge in [-0.3, -0.25) is 9.48 Å². The van der Waals surface area contributed by atoms with Crippen LogP contribution < -0.4 is 10.1 Å². The van der Waals surface area contributed by atoms with Crippen molar-refractivity contribution in [2.75, 3.05) is 5.32 Å². The summed E-state index contributed by atoms with van der Waals surface area (Å²) in [5.41, 5.74) is 2.60. The number of ether oxygens (including phenoxy) is 1. The molecule has 140 valence electrons. The number of hydrogen-bond donors (Lipinski definition) is 2. The summed E-state index contributed by atoms with van der Waals surface area (Å²) in [7, 11) is 0. The molecule has 0 aliphatic carbocycles. The SMILES string of the molecule is Cc1ccc(OCn2cc(NC(=O)Cn3ccc(C(=O)O)n3)cn2)c(C)c1. The minimum Gasteiger partial charge on any atom is -0.476 e. The van der Waals surface area contributed by atoms with E-state index >= 15 is 0 Å². The van der Waals surface area contributed by atoms with Gasteiger partial charge in [0.15, 0.2) is 12.4 Å². The van der Waals surface area contributed by atoms with Crippen LogP contribution in [0.1, 0.15) is 21.6 Å². The van der Waals surface area contributed by atoms with Crippen molar-refractivity contribution in [1.82, 2.24) is 19.6 Å². The summed E-state index contributed by atoms with van der Waals surface area (Å²) in [4.78, 5) is 22.8. The maximum absolute atomic E-state index is 12.0. The van der Waals surface area contributed by atoms with Crippen LogP contribution in [-0.2, 0) is 18.1 Å². The van der Waals surface area contributed by atoms with Gasteiger partial charge >= 0.3 is 5.97 Å². The highest BCUT2D eigenvalue weighted by atomic mass is 16.5. The molecule has 0 saturated carbocycles. The number of anilines is 1. The first-order valence-corrected chi connectivity index (χ1v) is 8.20. The van der Waals surface area contributed by atoms with E-state index in [1.807, 2.05) is 32.0 Å². The fourth-order valence-corrected chi connectivity index (χ4v) is 2.51. The molecule has 0 atom stereocenters. The number of carbonyl (C=O) groups is 2. The first-order chi connectivity index (χ1) is 12.9. The molecule has 0 aliphatic rings. The number of aryl methyl sites for hydroxylation is 2. The lowest BCUT2D eigenvalue weighted by Gasteiger charge is -2.09. The number of rotatable bonds is 7. The number of aromatic nitrogens is 4. The number of carbonyl (C=O) groups excluding carboxylic acids is 1. The van der Waals surface area contributed by atoms with Crippen molar-refractivity contribution in [3.63, 3.8) is 0 Å². The lowest BCUT2D eigenvalue weighted by molar-refractivity contribution is -0.116. The largest absolute Gasteiger partial charge is 0.476 e. The van der Waals surface area contributed by atoms with Gasteiger partial charge in [0.05, 0.1) is 18.1 Å². The maximum atomic E-state index is 12.0.